The van der Waals surface area contributed by atoms with E-state index >= 15 is 0 Å². The molecule has 23 heavy (non-hydrogen) atoms. The summed E-state index contributed by atoms with van der Waals surface area (Å²) in [6.45, 7) is 1.89. The first-order chi connectivity index (χ1) is 11.1. The minimum absolute atomic E-state index is 0.0511. The number of aliphatic hydroxyl groups excluding tert-OH is 1. The van der Waals surface area contributed by atoms with E-state index in [4.69, 9.17) is 0 Å². The van der Waals surface area contributed by atoms with Crippen molar-refractivity contribution in [3.05, 3.63) is 75.8 Å². The number of nitriles is 1. The van der Waals surface area contributed by atoms with Gasteiger partial charge in [-0.1, -0.05) is 35.9 Å². The first-order valence-corrected chi connectivity index (χ1v) is 7.00. The van der Waals surface area contributed by atoms with Crippen LogP contribution in [0.25, 0.3) is 22.2 Å². The lowest BCUT2D eigenvalue weighted by atomic mass is 10.1. The summed E-state index contributed by atoms with van der Waals surface area (Å²) in [6.07, 6.45) is 0. The molecular weight excluding hydrogens is 290 g/mol. The molecule has 0 aliphatic heterocycles. The maximum absolute atomic E-state index is 12.1. The number of aryl methyl sites for hydroxylation is 1. The van der Waals surface area contributed by atoms with Gasteiger partial charge in [0.05, 0.1) is 10.9 Å². The molecule has 0 radical (unpaired) electrons. The SMILES string of the molecule is Cc1cccc(/C(O)=C(\C#N)c2nc3ccccc3c(=O)[nH]2)c1. The number of benzene rings is 2. The van der Waals surface area contributed by atoms with E-state index in [1.54, 1.807) is 42.5 Å². The molecule has 0 aliphatic rings. The highest BCUT2D eigenvalue weighted by atomic mass is 16.3. The summed E-state index contributed by atoms with van der Waals surface area (Å²) in [6, 6.07) is 15.9. The number of nitrogens with zero attached hydrogens (tertiary/aromatic N) is 2. The predicted molar refractivity (Wildman–Crippen MR) is 88.6 cm³/mol. The highest BCUT2D eigenvalue weighted by molar-refractivity contribution is 5.93. The van der Waals surface area contributed by atoms with Gasteiger partial charge in [-0.05, 0) is 25.1 Å². The minimum Gasteiger partial charge on any atom is -0.506 e. The van der Waals surface area contributed by atoms with Gasteiger partial charge >= 0.3 is 0 Å². The van der Waals surface area contributed by atoms with Crippen molar-refractivity contribution in [1.29, 1.82) is 5.26 Å². The van der Waals surface area contributed by atoms with Crippen LogP contribution in [0.1, 0.15) is 17.0 Å². The molecular formula is C18H13N3O2. The standard InChI is InChI=1S/C18H13N3O2/c1-11-5-4-6-12(9-11)16(22)14(10-19)17-20-15-8-3-2-7-13(15)18(23)21-17/h2-9,22H,1H3,(H,20,21,23)/b16-14-. The zero-order chi connectivity index (χ0) is 16.4. The summed E-state index contributed by atoms with van der Waals surface area (Å²) in [5.74, 6) is -0.162. The Balaban J connectivity index is 2.24. The van der Waals surface area contributed by atoms with Crippen LogP contribution in [-0.2, 0) is 0 Å². The molecule has 0 spiro atoms. The number of aliphatic hydroxyl groups is 1. The normalized spacial score (nSPS) is 11.8. The summed E-state index contributed by atoms with van der Waals surface area (Å²) < 4.78 is 0. The second-order valence-corrected chi connectivity index (χ2v) is 5.14. The predicted octanol–water partition coefficient (Wildman–Crippen LogP) is 3.18. The number of hydrogen-bond donors (Lipinski definition) is 2. The topological polar surface area (TPSA) is 89.8 Å². The molecule has 2 aromatic carbocycles. The molecule has 1 heterocycles. The van der Waals surface area contributed by atoms with Crippen molar-refractivity contribution in [2.24, 2.45) is 0 Å². The van der Waals surface area contributed by atoms with Gasteiger partial charge in [-0.3, -0.25) is 4.79 Å². The van der Waals surface area contributed by atoms with E-state index in [9.17, 15) is 15.2 Å². The van der Waals surface area contributed by atoms with Crippen LogP contribution >= 0.6 is 0 Å². The number of para-hydroxylation sites is 1. The summed E-state index contributed by atoms with van der Waals surface area (Å²) in [7, 11) is 0. The third-order valence-corrected chi connectivity index (χ3v) is 3.49. The second-order valence-electron chi connectivity index (χ2n) is 5.14. The molecule has 3 rings (SSSR count). The van der Waals surface area contributed by atoms with Crippen LogP contribution in [0, 0.1) is 18.3 Å². The Morgan fingerprint density at radius 3 is 2.74 bits per heavy atom. The molecule has 3 aromatic rings. The van der Waals surface area contributed by atoms with Crippen molar-refractivity contribution in [3.8, 4) is 6.07 Å². The maximum atomic E-state index is 12.1. The summed E-state index contributed by atoms with van der Waals surface area (Å²) >= 11 is 0. The Morgan fingerprint density at radius 1 is 1.22 bits per heavy atom. The molecule has 0 unspecified atom stereocenters. The molecule has 0 amide bonds. The van der Waals surface area contributed by atoms with Crippen molar-refractivity contribution in [3.63, 3.8) is 0 Å². The van der Waals surface area contributed by atoms with Crippen LogP contribution in [0.15, 0.2) is 53.3 Å². The van der Waals surface area contributed by atoms with Crippen molar-refractivity contribution >= 4 is 22.2 Å². The zero-order valence-electron chi connectivity index (χ0n) is 12.4. The number of H-pyrrole nitrogens is 1. The fourth-order valence-electron chi connectivity index (χ4n) is 2.36. The quantitative estimate of drug-likeness (QED) is 0.562. The molecule has 1 aromatic heterocycles. The molecule has 0 saturated carbocycles. The lowest BCUT2D eigenvalue weighted by molar-refractivity contribution is 0.513. The number of aromatic amines is 1. The highest BCUT2D eigenvalue weighted by Gasteiger charge is 2.14. The molecule has 0 bridgehead atoms. The molecule has 112 valence electrons. The van der Waals surface area contributed by atoms with Crippen LogP contribution < -0.4 is 5.56 Å². The van der Waals surface area contributed by atoms with Gasteiger partial charge in [-0.25, -0.2) is 4.98 Å². The van der Waals surface area contributed by atoms with Crippen molar-refractivity contribution in [2.75, 3.05) is 0 Å². The van der Waals surface area contributed by atoms with Crippen LogP contribution in [-0.4, -0.2) is 15.1 Å². The van der Waals surface area contributed by atoms with Gasteiger partial charge in [-0.2, -0.15) is 5.26 Å². The van der Waals surface area contributed by atoms with Gasteiger partial charge < -0.3 is 10.1 Å². The van der Waals surface area contributed by atoms with Crippen LogP contribution in [0.4, 0.5) is 0 Å². The Kier molecular flexibility index (Phi) is 3.65. The average Bonchev–Trinajstić information content (AvgIpc) is 2.55. The lowest BCUT2D eigenvalue weighted by Crippen LogP contribution is -2.11. The van der Waals surface area contributed by atoms with Gasteiger partial charge in [0.25, 0.3) is 5.56 Å². The van der Waals surface area contributed by atoms with Gasteiger partial charge in [0.1, 0.15) is 17.4 Å². The van der Waals surface area contributed by atoms with Crippen molar-refractivity contribution in [2.45, 2.75) is 6.92 Å². The third-order valence-electron chi connectivity index (χ3n) is 3.49. The molecule has 0 atom stereocenters. The highest BCUT2D eigenvalue weighted by Crippen LogP contribution is 2.22. The fourth-order valence-corrected chi connectivity index (χ4v) is 2.36. The molecule has 0 fully saturated rings. The Morgan fingerprint density at radius 2 is 2.00 bits per heavy atom. The third kappa shape index (κ3) is 2.70. The van der Waals surface area contributed by atoms with Crippen LogP contribution in [0.3, 0.4) is 0 Å². The molecule has 0 saturated heterocycles. The Labute approximate surface area is 132 Å². The molecule has 5 nitrogen and oxygen atoms in total. The Bertz CT molecular complexity index is 1030. The van der Waals surface area contributed by atoms with Gasteiger partial charge in [0.15, 0.2) is 5.82 Å². The number of nitrogens with one attached hydrogen (secondary N) is 1. The van der Waals surface area contributed by atoms with E-state index < -0.39 is 0 Å². The van der Waals surface area contributed by atoms with Crippen molar-refractivity contribution in [1.82, 2.24) is 9.97 Å². The first-order valence-electron chi connectivity index (χ1n) is 7.00. The smallest absolute Gasteiger partial charge is 0.259 e. The van der Waals surface area contributed by atoms with E-state index in [1.165, 1.54) is 0 Å². The zero-order valence-corrected chi connectivity index (χ0v) is 12.4. The average molecular weight is 303 g/mol. The number of rotatable bonds is 2. The monoisotopic (exact) mass is 303 g/mol. The fraction of sp³-hybridized carbons (Fsp3) is 0.0556. The van der Waals surface area contributed by atoms with Crippen LogP contribution in [0.2, 0.25) is 0 Å². The van der Waals surface area contributed by atoms with E-state index in [-0.39, 0.29) is 22.7 Å². The number of allylic oxidation sites excluding steroid dienone is 1. The number of hydrogen-bond acceptors (Lipinski definition) is 4. The van der Waals surface area contributed by atoms with E-state index in [2.05, 4.69) is 9.97 Å². The first kappa shape index (κ1) is 14.5. The van der Waals surface area contributed by atoms with Gasteiger partial charge in [-0.15, -0.1) is 0 Å². The minimum atomic E-state index is -0.351. The van der Waals surface area contributed by atoms with Crippen molar-refractivity contribution < 1.29 is 5.11 Å². The molecule has 2 N–H and O–H groups in total. The van der Waals surface area contributed by atoms with Gasteiger partial charge in [0.2, 0.25) is 0 Å². The van der Waals surface area contributed by atoms with E-state index in [0.717, 1.165) is 5.56 Å². The van der Waals surface area contributed by atoms with Crippen LogP contribution in [0.5, 0.6) is 0 Å². The molecule has 5 heteroatoms. The largest absolute Gasteiger partial charge is 0.506 e. The van der Waals surface area contributed by atoms with E-state index in [0.29, 0.717) is 16.5 Å². The van der Waals surface area contributed by atoms with Gasteiger partial charge in [0, 0.05) is 5.56 Å². The number of fused-ring (bicyclic) bond motifs is 1. The second kappa shape index (κ2) is 5.78. The Hall–Kier alpha value is -3.39. The lowest BCUT2D eigenvalue weighted by Gasteiger charge is -2.06. The summed E-state index contributed by atoms with van der Waals surface area (Å²) in [5, 5.41) is 20.3. The number of aromatic nitrogens is 2. The summed E-state index contributed by atoms with van der Waals surface area (Å²) in [4.78, 5) is 19.0. The van der Waals surface area contributed by atoms with E-state index in [1.807, 2.05) is 19.1 Å². The summed E-state index contributed by atoms with van der Waals surface area (Å²) in [5.41, 5.74) is 1.49. The molecule has 0 aliphatic carbocycles. The maximum Gasteiger partial charge on any atom is 0.259 e.